The summed E-state index contributed by atoms with van der Waals surface area (Å²) in [7, 11) is 1.59. The van der Waals surface area contributed by atoms with Gasteiger partial charge in [-0.1, -0.05) is 17.3 Å². The maximum atomic E-state index is 12.9. The molecule has 1 amide bonds. The first kappa shape index (κ1) is 24.2. The van der Waals surface area contributed by atoms with Gasteiger partial charge in [0.1, 0.15) is 25.6 Å². The van der Waals surface area contributed by atoms with Crippen LogP contribution in [0.2, 0.25) is 0 Å². The summed E-state index contributed by atoms with van der Waals surface area (Å²) in [4.78, 5) is 14.6. The Balaban J connectivity index is 1.40. The van der Waals surface area contributed by atoms with Gasteiger partial charge >= 0.3 is 0 Å². The Morgan fingerprint density at radius 2 is 1.89 bits per heavy atom. The molecule has 0 N–H and O–H groups in total. The van der Waals surface area contributed by atoms with Crippen molar-refractivity contribution in [2.45, 2.75) is 33.9 Å². The van der Waals surface area contributed by atoms with Crippen LogP contribution < -0.4 is 18.9 Å². The number of rotatable bonds is 9. The maximum absolute atomic E-state index is 12.9. The van der Waals surface area contributed by atoms with Crippen molar-refractivity contribution in [3.05, 3.63) is 70.6 Å². The van der Waals surface area contributed by atoms with Crippen LogP contribution in [0.5, 0.6) is 23.0 Å². The molecule has 0 spiro atoms. The summed E-state index contributed by atoms with van der Waals surface area (Å²) in [6.07, 6.45) is 3.34. The standard InChI is InChI=1S/C27H30N2O6/c1-5-29(16-21-7-10-24-26(15-21)33-13-12-32-24)27(30)11-8-20-6-9-23(25(14-20)31-4)34-17-22-18(2)28-35-19(22)3/h6-11,14-15H,5,12-13,16-17H2,1-4H3. The number of fused-ring (bicyclic) bond motifs is 1. The van der Waals surface area contributed by atoms with Crippen LogP contribution in [0.4, 0.5) is 0 Å². The zero-order valence-corrected chi connectivity index (χ0v) is 20.5. The Morgan fingerprint density at radius 1 is 1.09 bits per heavy atom. The molecule has 3 aromatic rings. The van der Waals surface area contributed by atoms with E-state index in [4.69, 9.17) is 23.5 Å². The maximum Gasteiger partial charge on any atom is 0.246 e. The number of carbonyl (C=O) groups is 1. The van der Waals surface area contributed by atoms with Crippen molar-refractivity contribution in [1.29, 1.82) is 0 Å². The first-order valence-electron chi connectivity index (χ1n) is 11.6. The number of methoxy groups -OCH3 is 1. The molecule has 0 saturated heterocycles. The second-order valence-corrected chi connectivity index (χ2v) is 8.17. The van der Waals surface area contributed by atoms with E-state index in [9.17, 15) is 4.79 Å². The molecule has 8 nitrogen and oxygen atoms in total. The number of aryl methyl sites for hydroxylation is 2. The molecule has 0 bridgehead atoms. The van der Waals surface area contributed by atoms with Gasteiger partial charge in [0.2, 0.25) is 5.91 Å². The van der Waals surface area contributed by atoms with Gasteiger partial charge in [-0.05, 0) is 62.2 Å². The summed E-state index contributed by atoms with van der Waals surface area (Å²) < 4.78 is 27.8. The topological polar surface area (TPSA) is 83.3 Å². The molecule has 2 heterocycles. The third kappa shape index (κ3) is 5.77. The third-order valence-electron chi connectivity index (χ3n) is 5.83. The van der Waals surface area contributed by atoms with Crippen molar-refractivity contribution in [3.8, 4) is 23.0 Å². The first-order valence-corrected chi connectivity index (χ1v) is 11.6. The van der Waals surface area contributed by atoms with E-state index < -0.39 is 0 Å². The Labute approximate surface area is 205 Å². The van der Waals surface area contributed by atoms with Gasteiger partial charge in [0.05, 0.1) is 18.4 Å². The highest BCUT2D eigenvalue weighted by atomic mass is 16.6. The molecule has 0 saturated carbocycles. The van der Waals surface area contributed by atoms with Gasteiger partial charge < -0.3 is 28.4 Å². The van der Waals surface area contributed by atoms with Gasteiger partial charge in [-0.15, -0.1) is 0 Å². The normalized spacial score (nSPS) is 12.6. The molecule has 0 aliphatic carbocycles. The largest absolute Gasteiger partial charge is 0.493 e. The van der Waals surface area contributed by atoms with Crippen LogP contribution in [0.3, 0.4) is 0 Å². The van der Waals surface area contributed by atoms with E-state index in [1.54, 1.807) is 24.2 Å². The molecule has 0 atom stereocenters. The minimum atomic E-state index is -0.0832. The molecule has 0 unspecified atom stereocenters. The Hall–Kier alpha value is -3.94. The minimum absolute atomic E-state index is 0.0832. The molecule has 1 aliphatic rings. The molecule has 4 rings (SSSR count). The van der Waals surface area contributed by atoms with Gasteiger partial charge in [0.25, 0.3) is 0 Å². The molecule has 8 heteroatoms. The van der Waals surface area contributed by atoms with Gasteiger partial charge in [-0.3, -0.25) is 4.79 Å². The number of likely N-dealkylation sites (N-methyl/N-ethyl adjacent to an activating group) is 1. The van der Waals surface area contributed by atoms with Gasteiger partial charge in [0, 0.05) is 19.2 Å². The lowest BCUT2D eigenvalue weighted by atomic mass is 10.1. The molecular weight excluding hydrogens is 448 g/mol. The quantitative estimate of drug-likeness (QED) is 0.412. The molecule has 1 aromatic heterocycles. The number of hydrogen-bond acceptors (Lipinski definition) is 7. The number of amides is 1. The van der Waals surface area contributed by atoms with Crippen molar-refractivity contribution in [3.63, 3.8) is 0 Å². The summed E-state index contributed by atoms with van der Waals surface area (Å²) in [5, 5.41) is 3.95. The SMILES string of the molecule is CCN(Cc1ccc2c(c1)OCCO2)C(=O)C=Cc1ccc(OCc2c(C)noc2C)c(OC)c1. The summed E-state index contributed by atoms with van der Waals surface area (Å²) in [6.45, 7) is 8.16. The Morgan fingerprint density at radius 3 is 2.60 bits per heavy atom. The van der Waals surface area contributed by atoms with Crippen LogP contribution in [0, 0.1) is 13.8 Å². The fraction of sp³-hybridized carbons (Fsp3) is 0.333. The number of benzene rings is 2. The number of ether oxygens (including phenoxy) is 4. The average molecular weight is 479 g/mol. The van der Waals surface area contributed by atoms with E-state index in [0.717, 1.165) is 39.6 Å². The molecule has 2 aromatic carbocycles. The number of nitrogens with zero attached hydrogens (tertiary/aromatic N) is 2. The predicted molar refractivity (Wildman–Crippen MR) is 131 cm³/mol. The van der Waals surface area contributed by atoms with Crippen LogP contribution in [-0.4, -0.2) is 42.8 Å². The first-order chi connectivity index (χ1) is 17.0. The van der Waals surface area contributed by atoms with Crippen LogP contribution in [0.15, 0.2) is 47.0 Å². The number of aromatic nitrogens is 1. The lowest BCUT2D eigenvalue weighted by Gasteiger charge is -2.22. The zero-order chi connectivity index (χ0) is 24.8. The fourth-order valence-electron chi connectivity index (χ4n) is 3.79. The predicted octanol–water partition coefficient (Wildman–Crippen LogP) is 4.71. The van der Waals surface area contributed by atoms with Crippen molar-refractivity contribution < 1.29 is 28.3 Å². The van der Waals surface area contributed by atoms with E-state index in [1.165, 1.54) is 0 Å². The summed E-state index contributed by atoms with van der Waals surface area (Å²) in [5.41, 5.74) is 3.53. The Kier molecular flexibility index (Phi) is 7.60. The molecule has 0 radical (unpaired) electrons. The number of hydrogen-bond donors (Lipinski definition) is 0. The summed E-state index contributed by atoms with van der Waals surface area (Å²) in [5.74, 6) is 3.29. The number of carbonyl (C=O) groups excluding carboxylic acids is 1. The smallest absolute Gasteiger partial charge is 0.246 e. The van der Waals surface area contributed by atoms with E-state index in [2.05, 4.69) is 5.16 Å². The van der Waals surface area contributed by atoms with Gasteiger partial charge in [-0.25, -0.2) is 0 Å². The lowest BCUT2D eigenvalue weighted by molar-refractivity contribution is -0.126. The van der Waals surface area contributed by atoms with E-state index in [0.29, 0.717) is 44.4 Å². The highest BCUT2D eigenvalue weighted by Crippen LogP contribution is 2.32. The van der Waals surface area contributed by atoms with Gasteiger partial charge in [-0.2, -0.15) is 0 Å². The highest BCUT2D eigenvalue weighted by molar-refractivity contribution is 5.91. The molecule has 35 heavy (non-hydrogen) atoms. The summed E-state index contributed by atoms with van der Waals surface area (Å²) in [6, 6.07) is 11.3. The highest BCUT2D eigenvalue weighted by Gasteiger charge is 2.15. The minimum Gasteiger partial charge on any atom is -0.493 e. The van der Waals surface area contributed by atoms with Crippen LogP contribution in [-0.2, 0) is 17.9 Å². The van der Waals surface area contributed by atoms with E-state index >= 15 is 0 Å². The van der Waals surface area contributed by atoms with Crippen LogP contribution in [0.25, 0.3) is 6.08 Å². The molecule has 0 fully saturated rings. The van der Waals surface area contributed by atoms with Gasteiger partial charge in [0.15, 0.2) is 23.0 Å². The Bertz CT molecular complexity index is 1200. The summed E-state index contributed by atoms with van der Waals surface area (Å²) >= 11 is 0. The second kappa shape index (κ2) is 11.0. The molecule has 1 aliphatic heterocycles. The molecule has 184 valence electrons. The lowest BCUT2D eigenvalue weighted by Crippen LogP contribution is -2.28. The zero-order valence-electron chi connectivity index (χ0n) is 20.5. The van der Waals surface area contributed by atoms with Crippen molar-refractivity contribution in [2.24, 2.45) is 0 Å². The van der Waals surface area contributed by atoms with Crippen molar-refractivity contribution >= 4 is 12.0 Å². The third-order valence-corrected chi connectivity index (χ3v) is 5.83. The van der Waals surface area contributed by atoms with Crippen LogP contribution >= 0.6 is 0 Å². The van der Waals surface area contributed by atoms with Crippen molar-refractivity contribution in [2.75, 3.05) is 26.9 Å². The van der Waals surface area contributed by atoms with Crippen molar-refractivity contribution in [1.82, 2.24) is 10.1 Å². The van der Waals surface area contributed by atoms with Crippen LogP contribution in [0.1, 0.15) is 35.1 Å². The molecular formula is C27H30N2O6. The average Bonchev–Trinajstić information content (AvgIpc) is 3.21. The van der Waals surface area contributed by atoms with E-state index in [1.807, 2.05) is 57.2 Å². The van der Waals surface area contributed by atoms with E-state index in [-0.39, 0.29) is 5.91 Å². The second-order valence-electron chi connectivity index (χ2n) is 8.17. The monoisotopic (exact) mass is 478 g/mol. The fourth-order valence-corrected chi connectivity index (χ4v) is 3.79.